The lowest BCUT2D eigenvalue weighted by Gasteiger charge is -2.28. The van der Waals surface area contributed by atoms with E-state index in [1.54, 1.807) is 0 Å². The van der Waals surface area contributed by atoms with Crippen LogP contribution in [0.3, 0.4) is 0 Å². The normalized spacial score (nSPS) is 13.2. The number of carbonyl (C=O) groups is 2. The van der Waals surface area contributed by atoms with E-state index < -0.39 is 43.3 Å². The van der Waals surface area contributed by atoms with Crippen LogP contribution in [-0.4, -0.2) is 63.7 Å². The number of carbonyl (C=O) groups excluding carboxylic acids is 1. The first-order valence-corrected chi connectivity index (χ1v) is 5.03. The Morgan fingerprint density at radius 2 is 1.65 bits per heavy atom. The Bertz CT molecular complexity index is 258. The maximum absolute atomic E-state index is 11.4. The highest BCUT2D eigenvalue weighted by molar-refractivity contribution is 5.79. The first-order chi connectivity index (χ1) is 7.90. The fourth-order valence-corrected chi connectivity index (χ4v) is 1.04. The van der Waals surface area contributed by atoms with Crippen LogP contribution in [-0.2, 0) is 9.59 Å². The fraction of sp³-hybridized carbons (Fsp3) is 0.778. The highest BCUT2D eigenvalue weighted by Crippen LogP contribution is 2.03. The summed E-state index contributed by atoms with van der Waals surface area (Å²) in [4.78, 5) is 21.8. The van der Waals surface area contributed by atoms with Gasteiger partial charge < -0.3 is 31.5 Å². The number of nitrogens with two attached hydrogens (primary N) is 1. The van der Waals surface area contributed by atoms with Gasteiger partial charge in [-0.1, -0.05) is 0 Å². The number of carboxylic acids is 1. The fourth-order valence-electron chi connectivity index (χ4n) is 1.04. The summed E-state index contributed by atoms with van der Waals surface area (Å²) in [7, 11) is 0. The van der Waals surface area contributed by atoms with Crippen LogP contribution >= 0.6 is 0 Å². The van der Waals surface area contributed by atoms with E-state index >= 15 is 0 Å². The van der Waals surface area contributed by atoms with E-state index in [4.69, 9.17) is 26.2 Å². The third-order valence-corrected chi connectivity index (χ3v) is 2.31. The summed E-state index contributed by atoms with van der Waals surface area (Å²) < 4.78 is 0. The summed E-state index contributed by atoms with van der Waals surface area (Å²) in [6.07, 6.45) is -0.241. The van der Waals surface area contributed by atoms with Gasteiger partial charge in [-0.15, -0.1) is 0 Å². The van der Waals surface area contributed by atoms with Gasteiger partial charge in [-0.05, 0) is 6.42 Å². The molecule has 0 spiro atoms. The SMILES string of the molecule is NC(CCC(=O)NC(CO)(CO)CO)C(=O)O. The molecule has 1 amide bonds. The van der Waals surface area contributed by atoms with Crippen LogP contribution in [0.1, 0.15) is 12.8 Å². The van der Waals surface area contributed by atoms with Crippen molar-refractivity contribution in [2.45, 2.75) is 24.4 Å². The predicted molar refractivity (Wildman–Crippen MR) is 57.0 cm³/mol. The maximum Gasteiger partial charge on any atom is 0.320 e. The van der Waals surface area contributed by atoms with Crippen LogP contribution in [0.2, 0.25) is 0 Å². The van der Waals surface area contributed by atoms with Crippen LogP contribution in [0, 0.1) is 0 Å². The van der Waals surface area contributed by atoms with Crippen molar-refractivity contribution in [3.8, 4) is 0 Å². The topological polar surface area (TPSA) is 153 Å². The Balaban J connectivity index is 4.21. The van der Waals surface area contributed by atoms with Gasteiger partial charge >= 0.3 is 5.97 Å². The zero-order valence-corrected chi connectivity index (χ0v) is 9.30. The molecule has 1 atom stereocenters. The molecule has 0 saturated carbocycles. The third kappa shape index (κ3) is 5.09. The average molecular weight is 250 g/mol. The van der Waals surface area contributed by atoms with Gasteiger partial charge in [0.15, 0.2) is 0 Å². The number of amides is 1. The summed E-state index contributed by atoms with van der Waals surface area (Å²) in [5, 5.41) is 37.5. The average Bonchev–Trinajstić information content (AvgIpc) is 2.33. The minimum absolute atomic E-state index is 0.0699. The Morgan fingerprint density at radius 3 is 2.00 bits per heavy atom. The Labute approximate surface area is 98.0 Å². The predicted octanol–water partition coefficient (Wildman–Crippen LogP) is -2.99. The van der Waals surface area contributed by atoms with Crippen molar-refractivity contribution in [3.05, 3.63) is 0 Å². The van der Waals surface area contributed by atoms with Crippen molar-refractivity contribution in [2.75, 3.05) is 19.8 Å². The summed E-state index contributed by atoms with van der Waals surface area (Å²) >= 11 is 0. The molecule has 0 bridgehead atoms. The second-order valence-corrected chi connectivity index (χ2v) is 3.79. The standard InChI is InChI=1S/C9H18N2O6/c10-6(8(16)17)1-2-7(15)11-9(3-12,4-13)5-14/h6,12-14H,1-5,10H2,(H,11,15)(H,16,17). The van der Waals surface area contributed by atoms with Crippen molar-refractivity contribution in [3.63, 3.8) is 0 Å². The number of nitrogens with one attached hydrogen (secondary N) is 1. The minimum Gasteiger partial charge on any atom is -0.480 e. The number of hydrogen-bond donors (Lipinski definition) is 6. The minimum atomic E-state index is -1.50. The van der Waals surface area contributed by atoms with Gasteiger partial charge in [0.25, 0.3) is 0 Å². The number of rotatable bonds is 8. The summed E-state index contributed by atoms with van der Waals surface area (Å²) in [5.41, 5.74) is 3.70. The molecule has 0 fully saturated rings. The monoisotopic (exact) mass is 250 g/mol. The number of hydrogen-bond acceptors (Lipinski definition) is 6. The van der Waals surface area contributed by atoms with Gasteiger partial charge in [-0.3, -0.25) is 9.59 Å². The first-order valence-electron chi connectivity index (χ1n) is 5.03. The molecule has 17 heavy (non-hydrogen) atoms. The molecule has 0 aromatic rings. The molecule has 7 N–H and O–H groups in total. The van der Waals surface area contributed by atoms with Gasteiger partial charge in [0, 0.05) is 6.42 Å². The lowest BCUT2D eigenvalue weighted by Crippen LogP contribution is -2.57. The lowest BCUT2D eigenvalue weighted by molar-refractivity contribution is -0.138. The van der Waals surface area contributed by atoms with Gasteiger partial charge in [0.05, 0.1) is 19.8 Å². The smallest absolute Gasteiger partial charge is 0.320 e. The molecule has 1 unspecified atom stereocenters. The second kappa shape index (κ2) is 7.17. The molecule has 0 aliphatic rings. The van der Waals surface area contributed by atoms with E-state index in [1.807, 2.05) is 0 Å². The highest BCUT2D eigenvalue weighted by Gasteiger charge is 2.29. The third-order valence-electron chi connectivity index (χ3n) is 2.31. The van der Waals surface area contributed by atoms with E-state index in [0.717, 1.165) is 0 Å². The molecule has 8 nitrogen and oxygen atoms in total. The van der Waals surface area contributed by atoms with Crippen molar-refractivity contribution < 1.29 is 30.0 Å². The molecular formula is C9H18N2O6. The molecule has 0 aromatic heterocycles. The van der Waals surface area contributed by atoms with Crippen molar-refractivity contribution in [2.24, 2.45) is 5.73 Å². The number of aliphatic carboxylic acids is 1. The Kier molecular flexibility index (Phi) is 6.66. The maximum atomic E-state index is 11.4. The van der Waals surface area contributed by atoms with Gasteiger partial charge in [0.2, 0.25) is 5.91 Å². The second-order valence-electron chi connectivity index (χ2n) is 3.79. The van der Waals surface area contributed by atoms with Gasteiger partial charge in [0.1, 0.15) is 11.6 Å². The molecule has 0 saturated heterocycles. The molecule has 0 heterocycles. The summed E-state index contributed by atoms with van der Waals surface area (Å²) in [5.74, 6) is -1.81. The summed E-state index contributed by atoms with van der Waals surface area (Å²) in [6.45, 7) is -1.88. The molecule has 0 aromatic carbocycles. The van der Waals surface area contributed by atoms with E-state index in [2.05, 4.69) is 5.32 Å². The summed E-state index contributed by atoms with van der Waals surface area (Å²) in [6, 6.07) is -1.15. The molecule has 8 heteroatoms. The van der Waals surface area contributed by atoms with E-state index in [1.165, 1.54) is 0 Å². The van der Waals surface area contributed by atoms with Gasteiger partial charge in [-0.25, -0.2) is 0 Å². The van der Waals surface area contributed by atoms with E-state index in [-0.39, 0.29) is 12.8 Å². The zero-order chi connectivity index (χ0) is 13.5. The Morgan fingerprint density at radius 1 is 1.18 bits per heavy atom. The molecule has 0 aliphatic heterocycles. The quantitative estimate of drug-likeness (QED) is 0.268. The molecule has 0 radical (unpaired) electrons. The molecular weight excluding hydrogens is 232 g/mol. The van der Waals surface area contributed by atoms with Crippen molar-refractivity contribution in [1.29, 1.82) is 0 Å². The highest BCUT2D eigenvalue weighted by atomic mass is 16.4. The van der Waals surface area contributed by atoms with Crippen LogP contribution in [0.25, 0.3) is 0 Å². The molecule has 0 rings (SSSR count). The van der Waals surface area contributed by atoms with Crippen molar-refractivity contribution in [1.82, 2.24) is 5.32 Å². The first kappa shape index (κ1) is 15.8. The number of carboxylic acid groups (broad SMARTS) is 1. The van der Waals surface area contributed by atoms with Crippen LogP contribution in [0.5, 0.6) is 0 Å². The lowest BCUT2D eigenvalue weighted by atomic mass is 10.0. The molecule has 0 aliphatic carbocycles. The largest absolute Gasteiger partial charge is 0.480 e. The number of aliphatic hydroxyl groups is 3. The Hall–Kier alpha value is -1.22. The van der Waals surface area contributed by atoms with Gasteiger partial charge in [-0.2, -0.15) is 0 Å². The molecule has 100 valence electrons. The van der Waals surface area contributed by atoms with Crippen LogP contribution in [0.4, 0.5) is 0 Å². The number of aliphatic hydroxyl groups excluding tert-OH is 3. The van der Waals surface area contributed by atoms with Crippen LogP contribution < -0.4 is 11.1 Å². The zero-order valence-electron chi connectivity index (χ0n) is 9.30. The van der Waals surface area contributed by atoms with Crippen molar-refractivity contribution >= 4 is 11.9 Å². The van der Waals surface area contributed by atoms with E-state index in [0.29, 0.717) is 0 Å². The van der Waals surface area contributed by atoms with Crippen LogP contribution in [0.15, 0.2) is 0 Å². The van der Waals surface area contributed by atoms with E-state index in [9.17, 15) is 9.59 Å².